The molecular weight excluding hydrogens is 382 g/mol. The van der Waals surface area contributed by atoms with Crippen molar-refractivity contribution >= 4 is 23.1 Å². The summed E-state index contributed by atoms with van der Waals surface area (Å²) in [6, 6.07) is 5.31. The predicted octanol–water partition coefficient (Wildman–Crippen LogP) is 4.03. The van der Waals surface area contributed by atoms with E-state index in [0.717, 1.165) is 24.3 Å². The number of nitro benzene ring substituents is 1. The van der Waals surface area contributed by atoms with Crippen molar-refractivity contribution in [1.29, 1.82) is 0 Å². The summed E-state index contributed by atoms with van der Waals surface area (Å²) in [5.74, 6) is 0.206. The molecule has 0 spiro atoms. The maximum atomic E-state index is 12.3. The summed E-state index contributed by atoms with van der Waals surface area (Å²) in [7, 11) is 0. The highest BCUT2D eigenvalue weighted by atomic mass is 32.1. The lowest BCUT2D eigenvalue weighted by atomic mass is 9.95. The number of amides is 1. The fourth-order valence-electron chi connectivity index (χ4n) is 2.79. The minimum atomic E-state index is -0.766. The molecule has 1 amide bonds. The molecule has 1 fully saturated rings. The second-order valence-corrected chi connectivity index (χ2v) is 8.66. The molecule has 1 aliphatic rings. The predicted molar refractivity (Wildman–Crippen MR) is 105 cm³/mol. The minimum absolute atomic E-state index is 0.0702. The van der Waals surface area contributed by atoms with Crippen molar-refractivity contribution in [3.63, 3.8) is 0 Å². The molecule has 8 nitrogen and oxygen atoms in total. The van der Waals surface area contributed by atoms with Gasteiger partial charge < -0.3 is 14.0 Å². The van der Waals surface area contributed by atoms with E-state index in [1.54, 1.807) is 0 Å². The highest BCUT2D eigenvalue weighted by molar-refractivity contribution is 7.09. The number of aromatic nitrogens is 1. The summed E-state index contributed by atoms with van der Waals surface area (Å²) in [5.41, 5.74) is -0.141. The highest BCUT2D eigenvalue weighted by Gasteiger charge is 2.21. The van der Waals surface area contributed by atoms with Crippen molar-refractivity contribution in [2.45, 2.75) is 51.7 Å². The van der Waals surface area contributed by atoms with Crippen LogP contribution in [0.3, 0.4) is 0 Å². The third kappa shape index (κ3) is 5.05. The molecule has 0 N–H and O–H groups in total. The first-order chi connectivity index (χ1) is 13.2. The molecule has 1 unspecified atom stereocenters. The molecule has 2 aromatic rings. The zero-order valence-corrected chi connectivity index (χ0v) is 16.9. The van der Waals surface area contributed by atoms with Gasteiger partial charge in [-0.05, 0) is 30.4 Å². The number of hydrogen-bond acceptors (Lipinski definition) is 6. The minimum Gasteiger partial charge on any atom is -0.409 e. The van der Waals surface area contributed by atoms with Crippen LogP contribution in [0, 0.1) is 10.1 Å². The molecule has 1 aliphatic heterocycles. The van der Waals surface area contributed by atoms with Gasteiger partial charge in [-0.1, -0.05) is 20.8 Å². The molecular formula is C19H23N3O5S. The Balaban J connectivity index is 1.82. The van der Waals surface area contributed by atoms with E-state index in [1.807, 2.05) is 10.8 Å². The van der Waals surface area contributed by atoms with Crippen LogP contribution in [0.5, 0.6) is 5.75 Å². The van der Waals surface area contributed by atoms with Gasteiger partial charge in [-0.25, -0.2) is 4.79 Å². The Morgan fingerprint density at radius 3 is 2.68 bits per heavy atom. The Hall–Kier alpha value is -2.52. The van der Waals surface area contributed by atoms with Crippen molar-refractivity contribution in [3.8, 4) is 5.75 Å². The third-order valence-corrected chi connectivity index (χ3v) is 5.77. The number of carbonyl (C=O) groups excluding carboxylic acids is 1. The van der Waals surface area contributed by atoms with Gasteiger partial charge >= 0.3 is 6.09 Å². The summed E-state index contributed by atoms with van der Waals surface area (Å²) in [4.78, 5) is 28.3. The number of thiazole rings is 1. The van der Waals surface area contributed by atoms with E-state index in [0.29, 0.717) is 11.3 Å². The molecule has 0 radical (unpaired) electrons. The number of ether oxygens (including phenoxy) is 2. The first kappa shape index (κ1) is 20.2. The van der Waals surface area contributed by atoms with E-state index in [-0.39, 0.29) is 23.0 Å². The summed E-state index contributed by atoms with van der Waals surface area (Å²) < 4.78 is 12.9. The van der Waals surface area contributed by atoms with Crippen molar-refractivity contribution in [2.75, 3.05) is 6.61 Å². The Kier molecular flexibility index (Phi) is 5.95. The molecule has 9 heteroatoms. The zero-order valence-electron chi connectivity index (χ0n) is 16.1. The Morgan fingerprint density at radius 1 is 1.39 bits per heavy atom. The van der Waals surface area contributed by atoms with Gasteiger partial charge in [0, 0.05) is 29.8 Å². The van der Waals surface area contributed by atoms with Crippen LogP contribution in [0.25, 0.3) is 0 Å². The largest absolute Gasteiger partial charge is 0.441 e. The number of rotatable bonds is 4. The average molecular weight is 405 g/mol. The maximum Gasteiger partial charge on any atom is 0.441 e. The van der Waals surface area contributed by atoms with Crippen LogP contribution in [0.15, 0.2) is 35.5 Å². The summed E-state index contributed by atoms with van der Waals surface area (Å²) in [5, 5.41) is 10.7. The quantitative estimate of drug-likeness (QED) is 0.565. The Morgan fingerprint density at radius 2 is 2.11 bits per heavy atom. The fraction of sp³-hybridized carbons (Fsp3) is 0.474. The highest BCUT2D eigenvalue weighted by Crippen LogP contribution is 2.25. The normalized spacial score (nSPS) is 17.7. The van der Waals surface area contributed by atoms with E-state index in [2.05, 4.69) is 25.8 Å². The number of hydrogen-bond donors (Lipinski definition) is 0. The van der Waals surface area contributed by atoms with E-state index in [1.165, 1.54) is 35.6 Å². The molecule has 150 valence electrons. The van der Waals surface area contributed by atoms with Crippen LogP contribution in [0.2, 0.25) is 0 Å². The summed E-state index contributed by atoms with van der Waals surface area (Å²) >= 11 is 1.45. The SMILES string of the molecule is CC(C)(C)c1cn(CC2CCCO2)c(=NC(=O)Oc2ccc([N+](=O)[O-])cc2)s1. The van der Waals surface area contributed by atoms with Crippen LogP contribution in [0.4, 0.5) is 10.5 Å². The smallest absolute Gasteiger partial charge is 0.409 e. The van der Waals surface area contributed by atoms with Gasteiger partial charge in [-0.15, -0.1) is 16.3 Å². The Bertz CT molecular complexity index is 918. The van der Waals surface area contributed by atoms with Gasteiger partial charge in [-0.2, -0.15) is 0 Å². The van der Waals surface area contributed by atoms with Gasteiger partial charge in [0.15, 0.2) is 4.80 Å². The van der Waals surface area contributed by atoms with Crippen molar-refractivity contribution in [2.24, 2.45) is 4.99 Å². The van der Waals surface area contributed by atoms with E-state index in [9.17, 15) is 14.9 Å². The molecule has 28 heavy (non-hydrogen) atoms. The van der Waals surface area contributed by atoms with E-state index in [4.69, 9.17) is 9.47 Å². The van der Waals surface area contributed by atoms with Gasteiger partial charge in [0.2, 0.25) is 0 Å². The molecule has 0 aliphatic carbocycles. The topological polar surface area (TPSA) is 96.0 Å². The van der Waals surface area contributed by atoms with Crippen molar-refractivity contribution in [1.82, 2.24) is 4.57 Å². The average Bonchev–Trinajstić information content (AvgIpc) is 3.26. The molecule has 3 rings (SSSR count). The molecule has 1 aromatic carbocycles. The number of non-ortho nitro benzene ring substituents is 1. The molecule has 1 saturated heterocycles. The lowest BCUT2D eigenvalue weighted by Gasteiger charge is -2.15. The number of benzene rings is 1. The van der Waals surface area contributed by atoms with Crippen molar-refractivity contribution < 1.29 is 19.2 Å². The van der Waals surface area contributed by atoms with Crippen LogP contribution >= 0.6 is 11.3 Å². The lowest BCUT2D eigenvalue weighted by Crippen LogP contribution is -2.24. The third-order valence-electron chi connectivity index (χ3n) is 4.32. The zero-order chi connectivity index (χ0) is 20.3. The van der Waals surface area contributed by atoms with Crippen molar-refractivity contribution in [3.05, 3.63) is 50.3 Å². The number of nitrogens with zero attached hydrogens (tertiary/aromatic N) is 3. The van der Waals surface area contributed by atoms with Gasteiger partial charge in [0.25, 0.3) is 5.69 Å². The monoisotopic (exact) mass is 405 g/mol. The standard InChI is InChI=1S/C19H23N3O5S/c1-19(2,3)16-12-21(11-15-5-4-10-26-15)17(28-16)20-18(23)27-14-8-6-13(7-9-14)22(24)25/h6-9,12,15H,4-5,10-11H2,1-3H3. The molecule has 0 saturated carbocycles. The summed E-state index contributed by atoms with van der Waals surface area (Å²) in [6.07, 6.45) is 3.39. The maximum absolute atomic E-state index is 12.3. The molecule has 0 bridgehead atoms. The number of carbonyl (C=O) groups is 1. The van der Waals surface area contributed by atoms with E-state index < -0.39 is 11.0 Å². The van der Waals surface area contributed by atoms with Crippen LogP contribution in [0.1, 0.15) is 38.5 Å². The number of nitro groups is 1. The second kappa shape index (κ2) is 8.24. The first-order valence-electron chi connectivity index (χ1n) is 9.06. The Labute approximate surface area is 166 Å². The van der Waals surface area contributed by atoms with Gasteiger partial charge in [-0.3, -0.25) is 10.1 Å². The molecule has 1 aromatic heterocycles. The molecule has 1 atom stereocenters. The van der Waals surface area contributed by atoms with Crippen LogP contribution < -0.4 is 9.54 Å². The lowest BCUT2D eigenvalue weighted by molar-refractivity contribution is -0.384. The van der Waals surface area contributed by atoms with Crippen LogP contribution in [-0.2, 0) is 16.7 Å². The summed E-state index contributed by atoms with van der Waals surface area (Å²) in [6.45, 7) is 7.71. The second-order valence-electron chi connectivity index (χ2n) is 7.65. The molecule has 2 heterocycles. The van der Waals surface area contributed by atoms with Gasteiger partial charge in [0.05, 0.1) is 17.6 Å². The first-order valence-corrected chi connectivity index (χ1v) is 9.87. The van der Waals surface area contributed by atoms with Gasteiger partial charge in [0.1, 0.15) is 5.75 Å². The fourth-order valence-corrected chi connectivity index (χ4v) is 3.84. The van der Waals surface area contributed by atoms with E-state index >= 15 is 0 Å². The van der Waals surface area contributed by atoms with Crippen LogP contribution in [-0.4, -0.2) is 28.3 Å².